The number of nitrogens with zero attached hydrogens (tertiary/aromatic N) is 4. The second-order valence-electron chi connectivity index (χ2n) is 2.89. The second kappa shape index (κ2) is 4.45. The minimum Gasteiger partial charge on any atom is -0.370 e. The van der Waals surface area contributed by atoms with Crippen LogP contribution in [-0.2, 0) is 0 Å². The molecule has 76 valence electrons. The van der Waals surface area contributed by atoms with Crippen molar-refractivity contribution in [2.24, 2.45) is 0 Å². The molecule has 0 radical (unpaired) electrons. The Morgan fingerprint density at radius 2 is 2.13 bits per heavy atom. The van der Waals surface area contributed by atoms with Gasteiger partial charge in [0, 0.05) is 18.9 Å². The Bertz CT molecular complexity index is 429. The van der Waals surface area contributed by atoms with E-state index in [1.54, 1.807) is 18.5 Å². The van der Waals surface area contributed by atoms with Crippen molar-refractivity contribution in [1.82, 2.24) is 19.9 Å². The molecule has 0 fully saturated rings. The molecule has 2 rings (SSSR count). The van der Waals surface area contributed by atoms with Crippen molar-refractivity contribution in [2.45, 2.75) is 6.92 Å². The predicted molar refractivity (Wildman–Crippen MR) is 57.2 cm³/mol. The first-order valence-electron chi connectivity index (χ1n) is 4.73. The van der Waals surface area contributed by atoms with E-state index in [1.165, 1.54) is 6.33 Å². The van der Waals surface area contributed by atoms with Crippen LogP contribution in [0.15, 0.2) is 30.9 Å². The zero-order chi connectivity index (χ0) is 10.5. The fraction of sp³-hybridized carbons (Fsp3) is 0.200. The van der Waals surface area contributed by atoms with Gasteiger partial charge in [0.1, 0.15) is 17.8 Å². The number of rotatable bonds is 3. The summed E-state index contributed by atoms with van der Waals surface area (Å²) in [5.74, 6) is 1.41. The maximum atomic E-state index is 4.32. The van der Waals surface area contributed by atoms with Gasteiger partial charge in [0.2, 0.25) is 0 Å². The maximum absolute atomic E-state index is 4.32. The molecule has 0 saturated heterocycles. The molecule has 1 N–H and O–H groups in total. The Labute approximate surface area is 87.6 Å². The van der Waals surface area contributed by atoms with Crippen molar-refractivity contribution in [3.05, 3.63) is 30.9 Å². The minimum absolute atomic E-state index is 0.607. The normalized spacial score (nSPS) is 9.93. The van der Waals surface area contributed by atoms with E-state index in [-0.39, 0.29) is 0 Å². The summed E-state index contributed by atoms with van der Waals surface area (Å²) < 4.78 is 0. The molecule has 2 aromatic heterocycles. The van der Waals surface area contributed by atoms with Gasteiger partial charge in [-0.2, -0.15) is 0 Å². The molecule has 0 saturated carbocycles. The number of hydrogen-bond donors (Lipinski definition) is 1. The van der Waals surface area contributed by atoms with Crippen molar-refractivity contribution in [3.8, 4) is 11.5 Å². The van der Waals surface area contributed by atoms with Gasteiger partial charge in [-0.05, 0) is 19.1 Å². The smallest absolute Gasteiger partial charge is 0.180 e. The zero-order valence-electron chi connectivity index (χ0n) is 8.38. The van der Waals surface area contributed by atoms with Crippen LogP contribution in [0.3, 0.4) is 0 Å². The summed E-state index contributed by atoms with van der Waals surface area (Å²) in [5, 5.41) is 3.12. The van der Waals surface area contributed by atoms with Crippen LogP contribution in [0, 0.1) is 0 Å². The zero-order valence-corrected chi connectivity index (χ0v) is 8.38. The number of anilines is 1. The highest BCUT2D eigenvalue weighted by Crippen LogP contribution is 2.11. The van der Waals surface area contributed by atoms with Crippen molar-refractivity contribution in [2.75, 3.05) is 11.9 Å². The molecule has 0 bridgehead atoms. The van der Waals surface area contributed by atoms with Crippen LogP contribution in [-0.4, -0.2) is 26.5 Å². The van der Waals surface area contributed by atoms with E-state index in [9.17, 15) is 0 Å². The van der Waals surface area contributed by atoms with E-state index in [0.717, 1.165) is 18.1 Å². The van der Waals surface area contributed by atoms with Gasteiger partial charge in [-0.25, -0.2) is 19.9 Å². The summed E-state index contributed by atoms with van der Waals surface area (Å²) in [7, 11) is 0. The lowest BCUT2D eigenvalue weighted by Crippen LogP contribution is -2.01. The van der Waals surface area contributed by atoms with Crippen LogP contribution in [0.1, 0.15) is 6.92 Å². The van der Waals surface area contributed by atoms with Crippen LogP contribution >= 0.6 is 0 Å². The lowest BCUT2D eigenvalue weighted by Gasteiger charge is -2.03. The molecule has 5 heteroatoms. The number of aromatic nitrogens is 4. The fourth-order valence-electron chi connectivity index (χ4n) is 1.18. The van der Waals surface area contributed by atoms with E-state index in [1.807, 2.05) is 13.0 Å². The largest absolute Gasteiger partial charge is 0.370 e. The van der Waals surface area contributed by atoms with Crippen LogP contribution in [0.25, 0.3) is 11.5 Å². The molecular formula is C10H11N5. The Kier molecular flexibility index (Phi) is 2.82. The van der Waals surface area contributed by atoms with E-state index >= 15 is 0 Å². The highest BCUT2D eigenvalue weighted by molar-refractivity contribution is 5.50. The van der Waals surface area contributed by atoms with Crippen molar-refractivity contribution in [1.29, 1.82) is 0 Å². The summed E-state index contributed by atoms with van der Waals surface area (Å²) in [6.07, 6.45) is 4.87. The molecule has 0 aliphatic carbocycles. The molecule has 0 aliphatic heterocycles. The molecule has 2 heterocycles. The topological polar surface area (TPSA) is 63.6 Å². The van der Waals surface area contributed by atoms with Gasteiger partial charge in [-0.3, -0.25) is 0 Å². The van der Waals surface area contributed by atoms with E-state index < -0.39 is 0 Å². The SMILES string of the molecule is CCNc1ccnc(-c2ccncn2)n1. The van der Waals surface area contributed by atoms with Gasteiger partial charge in [-0.15, -0.1) is 0 Å². The van der Waals surface area contributed by atoms with Gasteiger partial charge >= 0.3 is 0 Å². The maximum Gasteiger partial charge on any atom is 0.180 e. The van der Waals surface area contributed by atoms with E-state index in [4.69, 9.17) is 0 Å². The van der Waals surface area contributed by atoms with E-state index in [0.29, 0.717) is 5.82 Å². The average molecular weight is 201 g/mol. The first-order chi connectivity index (χ1) is 7.40. The summed E-state index contributed by atoms with van der Waals surface area (Å²) >= 11 is 0. The minimum atomic E-state index is 0.607. The molecule has 0 atom stereocenters. The van der Waals surface area contributed by atoms with Crippen molar-refractivity contribution in [3.63, 3.8) is 0 Å². The molecule has 15 heavy (non-hydrogen) atoms. The monoisotopic (exact) mass is 201 g/mol. The van der Waals surface area contributed by atoms with Gasteiger partial charge in [0.25, 0.3) is 0 Å². The first kappa shape index (κ1) is 9.51. The fourth-order valence-corrected chi connectivity index (χ4v) is 1.18. The Morgan fingerprint density at radius 1 is 1.20 bits per heavy atom. The number of hydrogen-bond acceptors (Lipinski definition) is 5. The third kappa shape index (κ3) is 2.25. The lowest BCUT2D eigenvalue weighted by molar-refractivity contribution is 1.08. The molecular weight excluding hydrogens is 190 g/mol. The molecule has 0 amide bonds. The van der Waals surface area contributed by atoms with Crippen LogP contribution < -0.4 is 5.32 Å². The predicted octanol–water partition coefficient (Wildman–Crippen LogP) is 1.37. The third-order valence-electron chi connectivity index (χ3n) is 1.82. The molecule has 0 unspecified atom stereocenters. The summed E-state index contributed by atoms with van der Waals surface area (Å²) in [5.41, 5.74) is 0.727. The lowest BCUT2D eigenvalue weighted by atomic mass is 10.4. The molecule has 0 spiro atoms. The molecule has 2 aromatic rings. The standard InChI is InChI=1S/C10H11N5/c1-2-12-9-4-6-13-10(15-9)8-3-5-11-7-14-8/h3-7H,2H2,1H3,(H,12,13,15). The van der Waals surface area contributed by atoms with Gasteiger partial charge in [-0.1, -0.05) is 0 Å². The highest BCUT2D eigenvalue weighted by atomic mass is 15.0. The summed E-state index contributed by atoms with van der Waals surface area (Å²) in [4.78, 5) is 16.4. The Balaban J connectivity index is 2.33. The summed E-state index contributed by atoms with van der Waals surface area (Å²) in [6, 6.07) is 3.61. The number of nitrogens with one attached hydrogen (secondary N) is 1. The van der Waals surface area contributed by atoms with Crippen molar-refractivity contribution < 1.29 is 0 Å². The third-order valence-corrected chi connectivity index (χ3v) is 1.82. The molecule has 5 nitrogen and oxygen atoms in total. The Hall–Kier alpha value is -2.04. The second-order valence-corrected chi connectivity index (χ2v) is 2.89. The van der Waals surface area contributed by atoms with Crippen LogP contribution in [0.4, 0.5) is 5.82 Å². The van der Waals surface area contributed by atoms with Gasteiger partial charge < -0.3 is 5.32 Å². The van der Waals surface area contributed by atoms with E-state index in [2.05, 4.69) is 25.3 Å². The molecule has 0 aliphatic rings. The van der Waals surface area contributed by atoms with Crippen LogP contribution in [0.5, 0.6) is 0 Å². The first-order valence-corrected chi connectivity index (χ1v) is 4.73. The van der Waals surface area contributed by atoms with Crippen molar-refractivity contribution >= 4 is 5.82 Å². The van der Waals surface area contributed by atoms with Gasteiger partial charge in [0.05, 0.1) is 0 Å². The quantitative estimate of drug-likeness (QED) is 0.812. The highest BCUT2D eigenvalue weighted by Gasteiger charge is 2.02. The molecule has 0 aromatic carbocycles. The van der Waals surface area contributed by atoms with Gasteiger partial charge in [0.15, 0.2) is 5.82 Å². The summed E-state index contributed by atoms with van der Waals surface area (Å²) in [6.45, 7) is 2.85. The average Bonchev–Trinajstić information content (AvgIpc) is 2.31. The Morgan fingerprint density at radius 3 is 2.87 bits per heavy atom. The van der Waals surface area contributed by atoms with Crippen LogP contribution in [0.2, 0.25) is 0 Å².